The van der Waals surface area contributed by atoms with Gasteiger partial charge in [-0.15, -0.1) is 0 Å². The quantitative estimate of drug-likeness (QED) is 0.619. The lowest BCUT2D eigenvalue weighted by atomic mass is 9.96. The predicted molar refractivity (Wildman–Crippen MR) is 81.3 cm³/mol. The number of hydrogen-bond donors (Lipinski definition) is 0. The Labute approximate surface area is 113 Å². The molecule has 1 nitrogen and oxygen atoms in total. The molecule has 0 spiro atoms. The fraction of sp³-hybridized carbons (Fsp3) is 0.167. The molecule has 0 bridgehead atoms. The van der Waals surface area contributed by atoms with Crippen LogP contribution in [-0.2, 0) is 0 Å². The standard InChI is InChI=1S/C18H17N/c1-13(2)16-12-18(14-8-4-3-5-9-14)19-17-11-7-6-10-15(16)17/h3-13H,1-2H3. The summed E-state index contributed by atoms with van der Waals surface area (Å²) in [5, 5.41) is 1.26. The topological polar surface area (TPSA) is 12.9 Å². The molecule has 0 aliphatic rings. The Bertz CT molecular complexity index is 699. The van der Waals surface area contributed by atoms with Gasteiger partial charge >= 0.3 is 0 Å². The summed E-state index contributed by atoms with van der Waals surface area (Å²) in [6, 6.07) is 21.0. The number of hydrogen-bond acceptors (Lipinski definition) is 1. The van der Waals surface area contributed by atoms with Gasteiger partial charge in [0.25, 0.3) is 0 Å². The van der Waals surface area contributed by atoms with E-state index in [-0.39, 0.29) is 0 Å². The van der Waals surface area contributed by atoms with Gasteiger partial charge in [-0.05, 0) is 23.6 Å². The summed E-state index contributed by atoms with van der Waals surface area (Å²) < 4.78 is 0. The Kier molecular flexibility index (Phi) is 3.04. The zero-order chi connectivity index (χ0) is 13.2. The largest absolute Gasteiger partial charge is 0.248 e. The molecule has 94 valence electrons. The first-order chi connectivity index (χ1) is 9.25. The van der Waals surface area contributed by atoms with Crippen LogP contribution < -0.4 is 0 Å². The van der Waals surface area contributed by atoms with E-state index < -0.39 is 0 Å². The van der Waals surface area contributed by atoms with E-state index in [2.05, 4.69) is 62.4 Å². The maximum atomic E-state index is 4.79. The van der Waals surface area contributed by atoms with Crippen LogP contribution in [-0.4, -0.2) is 4.98 Å². The van der Waals surface area contributed by atoms with E-state index in [1.54, 1.807) is 0 Å². The van der Waals surface area contributed by atoms with Gasteiger partial charge in [-0.1, -0.05) is 62.4 Å². The van der Waals surface area contributed by atoms with E-state index in [1.165, 1.54) is 16.5 Å². The van der Waals surface area contributed by atoms with Crippen LogP contribution in [0, 0.1) is 0 Å². The number of fused-ring (bicyclic) bond motifs is 1. The third-order valence-electron chi connectivity index (χ3n) is 3.44. The van der Waals surface area contributed by atoms with Gasteiger partial charge in [-0.2, -0.15) is 0 Å². The maximum absolute atomic E-state index is 4.79. The molecule has 19 heavy (non-hydrogen) atoms. The van der Waals surface area contributed by atoms with E-state index in [1.807, 2.05) is 12.1 Å². The minimum Gasteiger partial charge on any atom is -0.248 e. The van der Waals surface area contributed by atoms with Crippen molar-refractivity contribution in [2.45, 2.75) is 19.8 Å². The summed E-state index contributed by atoms with van der Waals surface area (Å²) in [5.41, 5.74) is 4.68. The molecule has 0 saturated heterocycles. The average molecular weight is 247 g/mol. The Balaban J connectivity index is 2.28. The second kappa shape index (κ2) is 4.85. The number of rotatable bonds is 2. The third kappa shape index (κ3) is 2.24. The SMILES string of the molecule is CC(C)c1cc(-c2ccccc2)nc2ccccc12. The lowest BCUT2D eigenvalue weighted by molar-refractivity contribution is 0.875. The van der Waals surface area contributed by atoms with Gasteiger partial charge in [-0.3, -0.25) is 0 Å². The molecule has 0 N–H and O–H groups in total. The van der Waals surface area contributed by atoms with Crippen molar-refractivity contribution in [3.05, 3.63) is 66.2 Å². The summed E-state index contributed by atoms with van der Waals surface area (Å²) in [6.07, 6.45) is 0. The van der Waals surface area contributed by atoms with Gasteiger partial charge in [0.2, 0.25) is 0 Å². The molecule has 0 aliphatic heterocycles. The van der Waals surface area contributed by atoms with Crippen LogP contribution in [0.1, 0.15) is 25.3 Å². The molecular formula is C18H17N. The summed E-state index contributed by atoms with van der Waals surface area (Å²) in [7, 11) is 0. The molecule has 3 rings (SSSR count). The van der Waals surface area contributed by atoms with Crippen LogP contribution in [0.5, 0.6) is 0 Å². The molecule has 0 unspecified atom stereocenters. The van der Waals surface area contributed by atoms with Crippen molar-refractivity contribution in [3.63, 3.8) is 0 Å². The monoisotopic (exact) mass is 247 g/mol. The number of para-hydroxylation sites is 1. The highest BCUT2D eigenvalue weighted by molar-refractivity contribution is 5.85. The number of benzene rings is 2. The minimum atomic E-state index is 0.496. The fourth-order valence-corrected chi connectivity index (χ4v) is 2.44. The van der Waals surface area contributed by atoms with Crippen molar-refractivity contribution in [3.8, 4) is 11.3 Å². The molecule has 1 heterocycles. The molecule has 0 fully saturated rings. The highest BCUT2D eigenvalue weighted by atomic mass is 14.7. The highest BCUT2D eigenvalue weighted by Gasteiger charge is 2.09. The Morgan fingerprint density at radius 1 is 0.842 bits per heavy atom. The van der Waals surface area contributed by atoms with Crippen LogP contribution in [0.25, 0.3) is 22.2 Å². The first kappa shape index (κ1) is 11.9. The van der Waals surface area contributed by atoms with Crippen LogP contribution in [0.2, 0.25) is 0 Å². The average Bonchev–Trinajstić information content (AvgIpc) is 2.47. The summed E-state index contributed by atoms with van der Waals surface area (Å²) >= 11 is 0. The van der Waals surface area contributed by atoms with Gasteiger partial charge in [-0.25, -0.2) is 4.98 Å². The zero-order valence-electron chi connectivity index (χ0n) is 11.3. The van der Waals surface area contributed by atoms with E-state index in [9.17, 15) is 0 Å². The first-order valence-corrected chi connectivity index (χ1v) is 6.71. The molecule has 0 aliphatic carbocycles. The van der Waals surface area contributed by atoms with E-state index in [0.717, 1.165) is 11.2 Å². The lowest BCUT2D eigenvalue weighted by Crippen LogP contribution is -1.94. The molecule has 1 heteroatoms. The van der Waals surface area contributed by atoms with Crippen molar-refractivity contribution in [2.75, 3.05) is 0 Å². The van der Waals surface area contributed by atoms with Gasteiger partial charge < -0.3 is 0 Å². The number of aromatic nitrogens is 1. The van der Waals surface area contributed by atoms with Crippen molar-refractivity contribution < 1.29 is 0 Å². The molecule has 0 amide bonds. The lowest BCUT2D eigenvalue weighted by Gasteiger charge is -2.12. The summed E-state index contributed by atoms with van der Waals surface area (Å²) in [6.45, 7) is 4.47. The Hall–Kier alpha value is -2.15. The Morgan fingerprint density at radius 2 is 1.53 bits per heavy atom. The van der Waals surface area contributed by atoms with Crippen molar-refractivity contribution in [1.29, 1.82) is 0 Å². The second-order valence-electron chi connectivity index (χ2n) is 5.13. The van der Waals surface area contributed by atoms with Gasteiger partial charge in [0.15, 0.2) is 0 Å². The van der Waals surface area contributed by atoms with E-state index in [4.69, 9.17) is 4.98 Å². The molecular weight excluding hydrogens is 230 g/mol. The van der Waals surface area contributed by atoms with Crippen molar-refractivity contribution in [1.82, 2.24) is 4.98 Å². The van der Waals surface area contributed by atoms with E-state index in [0.29, 0.717) is 5.92 Å². The molecule has 1 aromatic heterocycles. The summed E-state index contributed by atoms with van der Waals surface area (Å²) in [5.74, 6) is 0.496. The van der Waals surface area contributed by atoms with Crippen LogP contribution >= 0.6 is 0 Å². The maximum Gasteiger partial charge on any atom is 0.0712 e. The molecule has 0 radical (unpaired) electrons. The first-order valence-electron chi connectivity index (χ1n) is 6.71. The molecule has 0 saturated carbocycles. The zero-order valence-corrected chi connectivity index (χ0v) is 11.3. The number of pyridine rings is 1. The third-order valence-corrected chi connectivity index (χ3v) is 3.44. The van der Waals surface area contributed by atoms with Gasteiger partial charge in [0.05, 0.1) is 11.2 Å². The molecule has 0 atom stereocenters. The summed E-state index contributed by atoms with van der Waals surface area (Å²) in [4.78, 5) is 4.79. The predicted octanol–water partition coefficient (Wildman–Crippen LogP) is 5.03. The van der Waals surface area contributed by atoms with Crippen LogP contribution in [0.3, 0.4) is 0 Å². The van der Waals surface area contributed by atoms with Crippen LogP contribution in [0.4, 0.5) is 0 Å². The van der Waals surface area contributed by atoms with Gasteiger partial charge in [0.1, 0.15) is 0 Å². The number of nitrogens with zero attached hydrogens (tertiary/aromatic N) is 1. The highest BCUT2D eigenvalue weighted by Crippen LogP contribution is 2.29. The normalized spacial score (nSPS) is 11.1. The minimum absolute atomic E-state index is 0.496. The van der Waals surface area contributed by atoms with E-state index >= 15 is 0 Å². The molecule has 2 aromatic carbocycles. The van der Waals surface area contributed by atoms with Crippen LogP contribution in [0.15, 0.2) is 60.7 Å². The fourth-order valence-electron chi connectivity index (χ4n) is 2.44. The second-order valence-corrected chi connectivity index (χ2v) is 5.13. The van der Waals surface area contributed by atoms with Crippen molar-refractivity contribution >= 4 is 10.9 Å². The molecule has 3 aromatic rings. The van der Waals surface area contributed by atoms with Crippen molar-refractivity contribution in [2.24, 2.45) is 0 Å². The van der Waals surface area contributed by atoms with Gasteiger partial charge in [0, 0.05) is 10.9 Å². The smallest absolute Gasteiger partial charge is 0.0712 e. The Morgan fingerprint density at radius 3 is 2.26 bits per heavy atom.